The minimum absolute atomic E-state index is 0.0260. The Kier molecular flexibility index (Phi) is 5.88. The summed E-state index contributed by atoms with van der Waals surface area (Å²) in [6.45, 7) is 0.540. The number of rotatable bonds is 6. The molecule has 0 bridgehead atoms. The fourth-order valence-corrected chi connectivity index (χ4v) is 1.42. The highest BCUT2D eigenvalue weighted by molar-refractivity contribution is 9.10. The second kappa shape index (κ2) is 7.24. The lowest BCUT2D eigenvalue weighted by Gasteiger charge is -2.06. The van der Waals surface area contributed by atoms with E-state index in [1.165, 1.54) is 0 Å². The molecule has 0 fully saturated rings. The normalized spacial score (nSPS) is 9.88. The molecule has 0 aliphatic carbocycles. The molecule has 0 saturated carbocycles. The molecule has 88 valence electrons. The van der Waals surface area contributed by atoms with Crippen molar-refractivity contribution in [2.75, 3.05) is 13.7 Å². The summed E-state index contributed by atoms with van der Waals surface area (Å²) in [6, 6.07) is 7.61. The van der Waals surface area contributed by atoms with E-state index in [0.29, 0.717) is 19.4 Å². The smallest absolute Gasteiger partial charge is 0.234 e. The van der Waals surface area contributed by atoms with Gasteiger partial charge in [0, 0.05) is 17.9 Å². The third-order valence-corrected chi connectivity index (χ3v) is 2.42. The van der Waals surface area contributed by atoms with Crippen molar-refractivity contribution in [3.8, 4) is 5.75 Å². The van der Waals surface area contributed by atoms with E-state index < -0.39 is 0 Å². The lowest BCUT2D eigenvalue weighted by molar-refractivity contribution is -0.122. The second-order valence-corrected chi connectivity index (χ2v) is 4.12. The Morgan fingerprint density at radius 1 is 1.38 bits per heavy atom. The number of amides is 1. The van der Waals surface area contributed by atoms with Gasteiger partial charge in [0.2, 0.25) is 5.91 Å². The maximum atomic E-state index is 11.1. The zero-order valence-electron chi connectivity index (χ0n) is 9.13. The first kappa shape index (κ1) is 13.0. The summed E-state index contributed by atoms with van der Waals surface area (Å²) in [7, 11) is 1.66. The molecule has 0 heterocycles. The highest BCUT2D eigenvalue weighted by Gasteiger charge is 1.99. The first-order valence-electron chi connectivity index (χ1n) is 5.06. The molecule has 4 nitrogen and oxygen atoms in total. The second-order valence-electron chi connectivity index (χ2n) is 3.20. The van der Waals surface area contributed by atoms with Crippen molar-refractivity contribution in [1.29, 1.82) is 0 Å². The van der Waals surface area contributed by atoms with Gasteiger partial charge in [0.15, 0.2) is 0 Å². The first-order valence-corrected chi connectivity index (χ1v) is 5.85. The van der Waals surface area contributed by atoms with Gasteiger partial charge in [-0.2, -0.15) is 0 Å². The van der Waals surface area contributed by atoms with Crippen LogP contribution in [0.15, 0.2) is 28.7 Å². The summed E-state index contributed by atoms with van der Waals surface area (Å²) in [5.74, 6) is 0.791. The maximum Gasteiger partial charge on any atom is 0.234 e. The van der Waals surface area contributed by atoms with Gasteiger partial charge in [-0.05, 0) is 30.7 Å². The monoisotopic (exact) mass is 286 g/mol. The van der Waals surface area contributed by atoms with E-state index in [1.807, 2.05) is 24.3 Å². The molecule has 1 rings (SSSR count). The predicted molar refractivity (Wildman–Crippen MR) is 66.1 cm³/mol. The van der Waals surface area contributed by atoms with Crippen LogP contribution in [0, 0.1) is 0 Å². The number of hydrazine groups is 1. The fourth-order valence-electron chi connectivity index (χ4n) is 1.16. The van der Waals surface area contributed by atoms with Crippen LogP contribution in [0.5, 0.6) is 5.75 Å². The lowest BCUT2D eigenvalue weighted by atomic mass is 10.3. The van der Waals surface area contributed by atoms with Crippen LogP contribution in [0.25, 0.3) is 0 Å². The molecule has 0 atom stereocenters. The zero-order chi connectivity index (χ0) is 11.8. The average molecular weight is 287 g/mol. The molecule has 0 aliphatic rings. The molecule has 0 radical (unpaired) electrons. The Balaban J connectivity index is 2.16. The summed E-state index contributed by atoms with van der Waals surface area (Å²) in [5.41, 5.74) is 5.09. The summed E-state index contributed by atoms with van der Waals surface area (Å²) < 4.78 is 6.49. The average Bonchev–Trinajstić information content (AvgIpc) is 2.27. The standard InChI is InChI=1S/C11H15BrN2O2/c1-13-14-11(15)3-2-8-16-10-6-4-9(12)5-7-10/h4-7,13H,2-3,8H2,1H3,(H,14,15). The van der Waals surface area contributed by atoms with E-state index >= 15 is 0 Å². The number of hydrogen-bond donors (Lipinski definition) is 2. The van der Waals surface area contributed by atoms with Crippen molar-refractivity contribution in [1.82, 2.24) is 10.9 Å². The molecular formula is C11H15BrN2O2. The number of benzene rings is 1. The van der Waals surface area contributed by atoms with Crippen LogP contribution in [-0.2, 0) is 4.79 Å². The Bertz CT molecular complexity index is 327. The van der Waals surface area contributed by atoms with Gasteiger partial charge in [0.1, 0.15) is 5.75 Å². The first-order chi connectivity index (χ1) is 7.72. The molecule has 2 N–H and O–H groups in total. The molecule has 16 heavy (non-hydrogen) atoms. The molecule has 1 aromatic carbocycles. The topological polar surface area (TPSA) is 50.4 Å². The van der Waals surface area contributed by atoms with Gasteiger partial charge in [0.25, 0.3) is 0 Å². The van der Waals surface area contributed by atoms with Gasteiger partial charge < -0.3 is 4.74 Å². The zero-order valence-corrected chi connectivity index (χ0v) is 10.7. The van der Waals surface area contributed by atoms with E-state index in [4.69, 9.17) is 4.74 Å². The Morgan fingerprint density at radius 3 is 2.69 bits per heavy atom. The molecule has 0 unspecified atom stereocenters. The number of carbonyl (C=O) groups is 1. The van der Waals surface area contributed by atoms with E-state index in [-0.39, 0.29) is 5.91 Å². The van der Waals surface area contributed by atoms with E-state index in [0.717, 1.165) is 10.2 Å². The van der Waals surface area contributed by atoms with Crippen molar-refractivity contribution in [2.24, 2.45) is 0 Å². The largest absolute Gasteiger partial charge is 0.494 e. The molecule has 1 amide bonds. The van der Waals surface area contributed by atoms with Crippen LogP contribution in [-0.4, -0.2) is 19.6 Å². The fraction of sp³-hybridized carbons (Fsp3) is 0.364. The number of nitrogens with one attached hydrogen (secondary N) is 2. The van der Waals surface area contributed by atoms with Crippen molar-refractivity contribution in [3.63, 3.8) is 0 Å². The van der Waals surface area contributed by atoms with Crippen molar-refractivity contribution < 1.29 is 9.53 Å². The quantitative estimate of drug-likeness (QED) is 0.620. The molecule has 5 heteroatoms. The molecule has 1 aromatic rings. The highest BCUT2D eigenvalue weighted by atomic mass is 79.9. The van der Waals surface area contributed by atoms with Crippen LogP contribution in [0.3, 0.4) is 0 Å². The van der Waals surface area contributed by atoms with Crippen LogP contribution >= 0.6 is 15.9 Å². The van der Waals surface area contributed by atoms with Crippen LogP contribution in [0.2, 0.25) is 0 Å². The van der Waals surface area contributed by atoms with Gasteiger partial charge >= 0.3 is 0 Å². The number of halogens is 1. The summed E-state index contributed by atoms with van der Waals surface area (Å²) in [5, 5.41) is 0. The molecule has 0 aromatic heterocycles. The molecule has 0 spiro atoms. The lowest BCUT2D eigenvalue weighted by Crippen LogP contribution is -2.34. The van der Waals surface area contributed by atoms with Gasteiger partial charge in [-0.3, -0.25) is 10.2 Å². The Hall–Kier alpha value is -1.07. The Morgan fingerprint density at radius 2 is 2.06 bits per heavy atom. The Labute approximate surface area is 103 Å². The number of hydrogen-bond acceptors (Lipinski definition) is 3. The maximum absolute atomic E-state index is 11.1. The van der Waals surface area contributed by atoms with E-state index in [9.17, 15) is 4.79 Å². The van der Waals surface area contributed by atoms with Gasteiger partial charge in [-0.15, -0.1) is 0 Å². The molecular weight excluding hydrogens is 272 g/mol. The third kappa shape index (κ3) is 5.14. The SMILES string of the molecule is CNNC(=O)CCCOc1ccc(Br)cc1. The van der Waals surface area contributed by atoms with Crippen LogP contribution in [0.1, 0.15) is 12.8 Å². The summed E-state index contributed by atoms with van der Waals surface area (Å²) >= 11 is 3.35. The van der Waals surface area contributed by atoms with Gasteiger partial charge in [0.05, 0.1) is 6.61 Å². The van der Waals surface area contributed by atoms with E-state index in [2.05, 4.69) is 26.8 Å². The van der Waals surface area contributed by atoms with Crippen LogP contribution < -0.4 is 15.6 Å². The molecule has 0 saturated heterocycles. The highest BCUT2D eigenvalue weighted by Crippen LogP contribution is 2.16. The van der Waals surface area contributed by atoms with Crippen molar-refractivity contribution in [2.45, 2.75) is 12.8 Å². The van der Waals surface area contributed by atoms with Gasteiger partial charge in [-0.1, -0.05) is 15.9 Å². The van der Waals surface area contributed by atoms with E-state index in [1.54, 1.807) is 7.05 Å². The summed E-state index contributed by atoms with van der Waals surface area (Å²) in [6.07, 6.45) is 1.15. The van der Waals surface area contributed by atoms with Crippen molar-refractivity contribution in [3.05, 3.63) is 28.7 Å². The van der Waals surface area contributed by atoms with Crippen LogP contribution in [0.4, 0.5) is 0 Å². The van der Waals surface area contributed by atoms with Crippen molar-refractivity contribution >= 4 is 21.8 Å². The minimum Gasteiger partial charge on any atom is -0.494 e. The third-order valence-electron chi connectivity index (χ3n) is 1.89. The molecule has 0 aliphatic heterocycles. The summed E-state index contributed by atoms with van der Waals surface area (Å²) in [4.78, 5) is 11.1. The minimum atomic E-state index is -0.0260. The van der Waals surface area contributed by atoms with Gasteiger partial charge in [-0.25, -0.2) is 5.43 Å². The number of carbonyl (C=O) groups excluding carboxylic acids is 1. The predicted octanol–water partition coefficient (Wildman–Crippen LogP) is 1.86. The number of ether oxygens (including phenoxy) is 1.